The molecule has 5 rings (SSSR count). The predicted molar refractivity (Wildman–Crippen MR) is 135 cm³/mol. The number of thiophene rings is 1. The number of methoxy groups -OCH3 is 1. The van der Waals surface area contributed by atoms with Crippen LogP contribution in [0.2, 0.25) is 0 Å². The minimum absolute atomic E-state index is 0.677. The van der Waals surface area contributed by atoms with Gasteiger partial charge in [-0.25, -0.2) is 4.98 Å². The van der Waals surface area contributed by atoms with Gasteiger partial charge in [0.15, 0.2) is 11.5 Å². The number of nitrogens with zero attached hydrogens (tertiary/aromatic N) is 4. The Balaban J connectivity index is 1.12. The molecule has 0 bridgehead atoms. The Bertz CT molecular complexity index is 1200. The maximum absolute atomic E-state index is 6.17. The molecule has 7 heteroatoms. The number of fused-ring (bicyclic) bond motifs is 1. The first kappa shape index (κ1) is 21.8. The molecule has 1 aliphatic rings. The number of hydrogen-bond donors (Lipinski definition) is 0. The molecule has 0 atom stereocenters. The van der Waals surface area contributed by atoms with Gasteiger partial charge in [0.1, 0.15) is 0 Å². The average Bonchev–Trinajstić information content (AvgIpc) is 3.55. The predicted octanol–water partition coefficient (Wildman–Crippen LogP) is 5.00. The zero-order valence-electron chi connectivity index (χ0n) is 19.2. The Morgan fingerprint density at radius 2 is 1.97 bits per heavy atom. The van der Waals surface area contributed by atoms with Crippen molar-refractivity contribution in [3.63, 3.8) is 0 Å². The molecule has 2 aromatic carbocycles. The van der Waals surface area contributed by atoms with Crippen LogP contribution in [0.4, 0.5) is 5.69 Å². The van der Waals surface area contributed by atoms with E-state index >= 15 is 0 Å². The van der Waals surface area contributed by atoms with Crippen molar-refractivity contribution in [1.29, 1.82) is 0 Å². The Morgan fingerprint density at radius 1 is 1.09 bits per heavy atom. The van der Waals surface area contributed by atoms with Crippen LogP contribution < -0.4 is 14.4 Å². The van der Waals surface area contributed by atoms with Crippen molar-refractivity contribution in [1.82, 2.24) is 14.5 Å². The van der Waals surface area contributed by atoms with Crippen molar-refractivity contribution in [2.24, 2.45) is 0 Å². The third kappa shape index (κ3) is 4.70. The maximum atomic E-state index is 6.17. The van der Waals surface area contributed by atoms with Crippen molar-refractivity contribution in [3.05, 3.63) is 66.1 Å². The summed E-state index contributed by atoms with van der Waals surface area (Å²) >= 11 is 1.82. The molecule has 1 fully saturated rings. The van der Waals surface area contributed by atoms with Gasteiger partial charge in [-0.1, -0.05) is 6.07 Å². The molecule has 33 heavy (non-hydrogen) atoms. The molecule has 2 aromatic heterocycles. The van der Waals surface area contributed by atoms with E-state index in [9.17, 15) is 0 Å². The molecule has 0 N–H and O–H groups in total. The summed E-state index contributed by atoms with van der Waals surface area (Å²) < 4.78 is 15.1. The van der Waals surface area contributed by atoms with Crippen LogP contribution in [0.5, 0.6) is 11.5 Å². The molecule has 1 saturated heterocycles. The molecule has 0 saturated carbocycles. The van der Waals surface area contributed by atoms with Crippen molar-refractivity contribution >= 4 is 27.1 Å². The lowest BCUT2D eigenvalue weighted by Crippen LogP contribution is -2.46. The summed E-state index contributed by atoms with van der Waals surface area (Å²) in [6.45, 7) is 8.09. The normalized spacial score (nSPS) is 14.7. The summed E-state index contributed by atoms with van der Waals surface area (Å²) in [5.41, 5.74) is 3.46. The molecular formula is C26H30N4O2S. The first-order valence-corrected chi connectivity index (χ1v) is 12.3. The van der Waals surface area contributed by atoms with Crippen molar-refractivity contribution in [2.45, 2.75) is 13.3 Å². The molecule has 3 heterocycles. The number of benzene rings is 2. The van der Waals surface area contributed by atoms with Crippen LogP contribution in [0, 0.1) is 6.92 Å². The number of aromatic nitrogens is 2. The van der Waals surface area contributed by atoms with E-state index in [2.05, 4.69) is 57.4 Å². The fourth-order valence-corrected chi connectivity index (χ4v) is 5.36. The maximum Gasteiger partial charge on any atom is 0.164 e. The van der Waals surface area contributed by atoms with Crippen LogP contribution in [0.25, 0.3) is 15.8 Å². The molecule has 0 unspecified atom stereocenters. The number of imidazole rings is 1. The fourth-order valence-electron chi connectivity index (χ4n) is 4.55. The average molecular weight is 463 g/mol. The number of piperazine rings is 1. The minimum Gasteiger partial charge on any atom is -0.493 e. The van der Waals surface area contributed by atoms with E-state index in [1.807, 2.05) is 28.2 Å². The van der Waals surface area contributed by atoms with E-state index in [1.54, 1.807) is 19.6 Å². The number of hydrogen-bond acceptors (Lipinski definition) is 6. The molecule has 6 nitrogen and oxygen atoms in total. The minimum atomic E-state index is 0.677. The zero-order valence-corrected chi connectivity index (χ0v) is 20.1. The van der Waals surface area contributed by atoms with Crippen LogP contribution in [-0.2, 0) is 0 Å². The highest BCUT2D eigenvalue weighted by Gasteiger charge is 2.19. The largest absolute Gasteiger partial charge is 0.493 e. The van der Waals surface area contributed by atoms with Gasteiger partial charge in [0.2, 0.25) is 0 Å². The number of rotatable bonds is 8. The van der Waals surface area contributed by atoms with Gasteiger partial charge in [0.25, 0.3) is 0 Å². The highest BCUT2D eigenvalue weighted by atomic mass is 32.1. The van der Waals surface area contributed by atoms with Gasteiger partial charge in [0, 0.05) is 67.0 Å². The SMILES string of the molecule is COc1cc(-n2ccnc2)cc(C)c1OCCCN1CCN(c2cccc3sccc23)CC1. The molecule has 4 aromatic rings. The lowest BCUT2D eigenvalue weighted by atomic mass is 10.1. The summed E-state index contributed by atoms with van der Waals surface area (Å²) in [6, 6.07) is 13.0. The van der Waals surface area contributed by atoms with Gasteiger partial charge in [-0.2, -0.15) is 0 Å². The van der Waals surface area contributed by atoms with E-state index in [4.69, 9.17) is 9.47 Å². The second-order valence-corrected chi connectivity index (χ2v) is 9.35. The second kappa shape index (κ2) is 9.85. The summed E-state index contributed by atoms with van der Waals surface area (Å²) in [7, 11) is 1.69. The Morgan fingerprint density at radius 3 is 2.76 bits per heavy atom. The molecule has 0 amide bonds. The lowest BCUT2D eigenvalue weighted by molar-refractivity contribution is 0.221. The van der Waals surface area contributed by atoms with E-state index in [0.29, 0.717) is 6.61 Å². The first-order chi connectivity index (χ1) is 16.2. The lowest BCUT2D eigenvalue weighted by Gasteiger charge is -2.36. The third-order valence-electron chi connectivity index (χ3n) is 6.30. The van der Waals surface area contributed by atoms with E-state index in [-0.39, 0.29) is 0 Å². The fraction of sp³-hybridized carbons (Fsp3) is 0.346. The number of anilines is 1. The van der Waals surface area contributed by atoms with E-state index in [0.717, 1.165) is 61.9 Å². The molecule has 1 aliphatic heterocycles. The Labute approximate surface area is 199 Å². The highest BCUT2D eigenvalue weighted by Crippen LogP contribution is 2.34. The van der Waals surface area contributed by atoms with Crippen LogP contribution in [0.15, 0.2) is 60.5 Å². The third-order valence-corrected chi connectivity index (χ3v) is 7.18. The monoisotopic (exact) mass is 462 g/mol. The van der Waals surface area contributed by atoms with Crippen LogP contribution in [-0.4, -0.2) is 60.9 Å². The van der Waals surface area contributed by atoms with Crippen molar-refractivity contribution in [3.8, 4) is 17.2 Å². The van der Waals surface area contributed by atoms with Crippen LogP contribution in [0.3, 0.4) is 0 Å². The molecular weight excluding hydrogens is 432 g/mol. The molecule has 0 radical (unpaired) electrons. The zero-order chi connectivity index (χ0) is 22.6. The summed E-state index contributed by atoms with van der Waals surface area (Å²) in [6.07, 6.45) is 6.48. The summed E-state index contributed by atoms with van der Waals surface area (Å²) in [4.78, 5) is 9.19. The van der Waals surface area contributed by atoms with Gasteiger partial charge in [-0.3, -0.25) is 4.90 Å². The Hall–Kier alpha value is -3.03. The molecule has 172 valence electrons. The van der Waals surface area contributed by atoms with Gasteiger partial charge < -0.3 is 18.9 Å². The first-order valence-electron chi connectivity index (χ1n) is 11.5. The Kier molecular flexibility index (Phi) is 6.51. The van der Waals surface area contributed by atoms with Crippen LogP contribution in [0.1, 0.15) is 12.0 Å². The van der Waals surface area contributed by atoms with Crippen molar-refractivity contribution in [2.75, 3.05) is 51.3 Å². The van der Waals surface area contributed by atoms with Crippen LogP contribution >= 0.6 is 11.3 Å². The smallest absolute Gasteiger partial charge is 0.164 e. The van der Waals surface area contributed by atoms with Gasteiger partial charge >= 0.3 is 0 Å². The van der Waals surface area contributed by atoms with Gasteiger partial charge in [-0.05, 0) is 48.6 Å². The number of ether oxygens (including phenoxy) is 2. The number of aryl methyl sites for hydroxylation is 1. The van der Waals surface area contributed by atoms with Crippen molar-refractivity contribution < 1.29 is 9.47 Å². The summed E-state index contributed by atoms with van der Waals surface area (Å²) in [5.74, 6) is 1.59. The van der Waals surface area contributed by atoms with Gasteiger partial charge in [0.05, 0.1) is 25.7 Å². The topological polar surface area (TPSA) is 42.8 Å². The van der Waals surface area contributed by atoms with Gasteiger partial charge in [-0.15, -0.1) is 11.3 Å². The quantitative estimate of drug-likeness (QED) is 0.345. The highest BCUT2D eigenvalue weighted by molar-refractivity contribution is 7.17. The molecule has 0 aliphatic carbocycles. The summed E-state index contributed by atoms with van der Waals surface area (Å²) in [5, 5.41) is 3.57. The van der Waals surface area contributed by atoms with E-state index < -0.39 is 0 Å². The van der Waals surface area contributed by atoms with E-state index in [1.165, 1.54) is 15.8 Å². The second-order valence-electron chi connectivity index (χ2n) is 8.40. The molecule has 0 spiro atoms. The standard InChI is InChI=1S/C26H30N4O2S/c1-20-17-21(30-10-8-27-19-30)18-24(31-2)26(20)32-15-4-9-28-11-13-29(14-12-28)23-5-3-6-25-22(23)7-16-33-25/h3,5-8,10,16-19H,4,9,11-15H2,1-2H3.